The Bertz CT molecular complexity index is 275. The van der Waals surface area contributed by atoms with Crippen LogP contribution in [0.25, 0.3) is 0 Å². The van der Waals surface area contributed by atoms with Crippen molar-refractivity contribution in [3.05, 3.63) is 42.5 Å². The van der Waals surface area contributed by atoms with Crippen LogP contribution in [-0.2, 0) is 11.2 Å². The number of allylic oxidation sites excluding steroid dienone is 1. The van der Waals surface area contributed by atoms with Crippen molar-refractivity contribution in [1.29, 1.82) is 0 Å². The topological polar surface area (TPSA) is 89.3 Å². The van der Waals surface area contributed by atoms with E-state index in [4.69, 9.17) is 16.3 Å². The van der Waals surface area contributed by atoms with Gasteiger partial charge in [-0.2, -0.15) is 0 Å². The average molecular weight is 224 g/mol. The van der Waals surface area contributed by atoms with Gasteiger partial charge in [-0.3, -0.25) is 0 Å². The van der Waals surface area contributed by atoms with Crippen molar-refractivity contribution in [1.82, 2.24) is 0 Å². The first-order chi connectivity index (χ1) is 7.76. The number of carbonyl (C=O) groups is 1. The highest BCUT2D eigenvalue weighted by Gasteiger charge is 1.93. The van der Waals surface area contributed by atoms with E-state index in [-0.39, 0.29) is 0 Å². The summed E-state index contributed by atoms with van der Waals surface area (Å²) in [5, 5.41) is 9.19. The molecule has 0 saturated heterocycles. The summed E-state index contributed by atoms with van der Waals surface area (Å²) in [5.74, 6) is 0.349. The van der Waals surface area contributed by atoms with Crippen LogP contribution in [-0.4, -0.2) is 25.0 Å². The molecule has 0 amide bonds. The van der Waals surface area contributed by atoms with Gasteiger partial charge in [-0.25, -0.2) is 0 Å². The van der Waals surface area contributed by atoms with E-state index in [9.17, 15) is 5.11 Å². The van der Waals surface area contributed by atoms with E-state index >= 15 is 0 Å². The van der Waals surface area contributed by atoms with Crippen LogP contribution in [0, 0.1) is 0 Å². The third kappa shape index (κ3) is 8.93. The molecule has 5 N–H and O–H groups in total. The number of phenols is 1. The van der Waals surface area contributed by atoms with Crippen molar-refractivity contribution in [2.24, 2.45) is 11.5 Å². The molecule has 0 atom stereocenters. The van der Waals surface area contributed by atoms with E-state index in [2.05, 4.69) is 6.58 Å². The number of benzene rings is 1. The van der Waals surface area contributed by atoms with Gasteiger partial charge in [0.2, 0.25) is 0 Å². The maximum absolute atomic E-state index is 9.19. The fourth-order valence-electron chi connectivity index (χ4n) is 0.839. The lowest BCUT2D eigenvalue weighted by Crippen LogP contribution is -2.11. The molecule has 0 bridgehead atoms. The van der Waals surface area contributed by atoms with Gasteiger partial charge in [-0.1, -0.05) is 24.3 Å². The molecule has 16 heavy (non-hydrogen) atoms. The second-order valence-electron chi connectivity index (χ2n) is 2.70. The molecule has 4 nitrogen and oxygen atoms in total. The van der Waals surface area contributed by atoms with Crippen molar-refractivity contribution in [2.75, 3.05) is 13.1 Å². The summed E-state index contributed by atoms with van der Waals surface area (Å²) in [6, 6.07) is 7.27. The Kier molecular flexibility index (Phi) is 14.0. The maximum Gasteiger partial charge on any atom is 0.119 e. The minimum absolute atomic E-state index is 0.349. The summed E-state index contributed by atoms with van der Waals surface area (Å²) >= 11 is 0. The zero-order chi connectivity index (χ0) is 12.8. The van der Waals surface area contributed by atoms with Crippen molar-refractivity contribution in [2.45, 2.75) is 6.42 Å². The van der Waals surface area contributed by atoms with E-state index in [1.807, 2.05) is 25.0 Å². The molecule has 0 saturated carbocycles. The third-order valence-electron chi connectivity index (χ3n) is 1.52. The van der Waals surface area contributed by atoms with Crippen molar-refractivity contribution in [3.63, 3.8) is 0 Å². The van der Waals surface area contributed by atoms with E-state index in [1.54, 1.807) is 12.1 Å². The van der Waals surface area contributed by atoms with E-state index < -0.39 is 0 Å². The number of carbonyl (C=O) groups excluding carboxylic acids is 1. The molecule has 1 aromatic carbocycles. The van der Waals surface area contributed by atoms with Crippen LogP contribution < -0.4 is 11.5 Å². The molecule has 0 radical (unpaired) electrons. The molecule has 0 aliphatic carbocycles. The summed E-state index contributed by atoms with van der Waals surface area (Å²) in [4.78, 5) is 8.00. The standard InChI is InChI=1S/C9H10O.C2H8N2.CH2O/c1-2-5-8-6-3-4-7-9(8)10;3-1-2-4;1-2/h2-4,6-7,10H,1,5H2;1-4H2;1H2. The zero-order valence-corrected chi connectivity index (χ0v) is 9.43. The predicted octanol–water partition coefficient (Wildman–Crippen LogP) is 0.840. The van der Waals surface area contributed by atoms with Crippen LogP contribution in [0.4, 0.5) is 0 Å². The smallest absolute Gasteiger partial charge is 0.119 e. The molecule has 0 heterocycles. The van der Waals surface area contributed by atoms with Crippen LogP contribution in [0.1, 0.15) is 5.56 Å². The lowest BCUT2D eigenvalue weighted by molar-refractivity contribution is -0.0979. The summed E-state index contributed by atoms with van der Waals surface area (Å²) in [5.41, 5.74) is 10.7. The Morgan fingerprint density at radius 3 is 2.06 bits per heavy atom. The number of hydrogen-bond donors (Lipinski definition) is 3. The Morgan fingerprint density at radius 2 is 1.69 bits per heavy atom. The lowest BCUT2D eigenvalue weighted by Gasteiger charge is -1.97. The van der Waals surface area contributed by atoms with Crippen molar-refractivity contribution < 1.29 is 9.90 Å². The van der Waals surface area contributed by atoms with Crippen LogP contribution in [0.2, 0.25) is 0 Å². The zero-order valence-electron chi connectivity index (χ0n) is 9.43. The molecular formula is C12H20N2O2. The van der Waals surface area contributed by atoms with Gasteiger partial charge >= 0.3 is 0 Å². The fourth-order valence-corrected chi connectivity index (χ4v) is 0.839. The predicted molar refractivity (Wildman–Crippen MR) is 67.2 cm³/mol. The Morgan fingerprint density at radius 1 is 1.19 bits per heavy atom. The second kappa shape index (κ2) is 13.4. The monoisotopic (exact) mass is 224 g/mol. The summed E-state index contributed by atoms with van der Waals surface area (Å²) in [6.45, 7) is 6.78. The van der Waals surface area contributed by atoms with Crippen LogP contribution in [0.15, 0.2) is 36.9 Å². The molecule has 4 heteroatoms. The minimum Gasteiger partial charge on any atom is -0.508 e. The molecule has 0 aliphatic rings. The van der Waals surface area contributed by atoms with Gasteiger partial charge in [-0.05, 0) is 18.1 Å². The highest BCUT2D eigenvalue weighted by atomic mass is 16.3. The summed E-state index contributed by atoms with van der Waals surface area (Å²) < 4.78 is 0. The number of para-hydroxylation sites is 1. The van der Waals surface area contributed by atoms with Gasteiger partial charge in [0.15, 0.2) is 0 Å². The molecule has 0 fully saturated rings. The van der Waals surface area contributed by atoms with Crippen LogP contribution >= 0.6 is 0 Å². The second-order valence-corrected chi connectivity index (χ2v) is 2.70. The SMILES string of the molecule is C=CCc1ccccc1O.C=O.NCCN. The van der Waals surface area contributed by atoms with Gasteiger partial charge in [0.25, 0.3) is 0 Å². The Hall–Kier alpha value is -1.65. The first kappa shape index (κ1) is 16.8. The summed E-state index contributed by atoms with van der Waals surface area (Å²) in [6.07, 6.45) is 2.50. The van der Waals surface area contributed by atoms with Gasteiger partial charge in [0, 0.05) is 13.1 Å². The lowest BCUT2D eigenvalue weighted by atomic mass is 10.1. The number of rotatable bonds is 3. The third-order valence-corrected chi connectivity index (χ3v) is 1.52. The largest absolute Gasteiger partial charge is 0.508 e. The van der Waals surface area contributed by atoms with Crippen molar-refractivity contribution >= 4 is 6.79 Å². The van der Waals surface area contributed by atoms with Gasteiger partial charge in [-0.15, -0.1) is 6.58 Å². The van der Waals surface area contributed by atoms with Gasteiger partial charge < -0.3 is 21.4 Å². The minimum atomic E-state index is 0.349. The average Bonchev–Trinajstić information content (AvgIpc) is 2.35. The highest BCUT2D eigenvalue weighted by molar-refractivity contribution is 5.32. The number of phenolic OH excluding ortho intramolecular Hbond substituents is 1. The Balaban J connectivity index is 0. The van der Waals surface area contributed by atoms with Gasteiger partial charge in [0.05, 0.1) is 0 Å². The van der Waals surface area contributed by atoms with Crippen LogP contribution in [0.5, 0.6) is 5.75 Å². The maximum atomic E-state index is 9.19. The molecular weight excluding hydrogens is 204 g/mol. The molecule has 0 aliphatic heterocycles. The number of aromatic hydroxyl groups is 1. The molecule has 0 unspecified atom stereocenters. The van der Waals surface area contributed by atoms with E-state index in [1.165, 1.54) is 0 Å². The first-order valence-corrected chi connectivity index (χ1v) is 4.83. The van der Waals surface area contributed by atoms with E-state index in [0.29, 0.717) is 18.8 Å². The van der Waals surface area contributed by atoms with Gasteiger partial charge in [0.1, 0.15) is 12.5 Å². The van der Waals surface area contributed by atoms with Crippen LogP contribution in [0.3, 0.4) is 0 Å². The molecule has 1 rings (SSSR count). The molecule has 0 aromatic heterocycles. The van der Waals surface area contributed by atoms with E-state index in [0.717, 1.165) is 12.0 Å². The highest BCUT2D eigenvalue weighted by Crippen LogP contribution is 2.15. The normalized spacial score (nSPS) is 7.88. The molecule has 1 aromatic rings. The first-order valence-electron chi connectivity index (χ1n) is 4.83. The molecule has 0 spiro atoms. The Labute approximate surface area is 96.6 Å². The number of nitrogens with two attached hydrogens (primary N) is 2. The quantitative estimate of drug-likeness (QED) is 0.664. The summed E-state index contributed by atoms with van der Waals surface area (Å²) in [7, 11) is 0. The fraction of sp³-hybridized carbons (Fsp3) is 0.250. The van der Waals surface area contributed by atoms with Crippen molar-refractivity contribution in [3.8, 4) is 5.75 Å². The number of hydrogen-bond acceptors (Lipinski definition) is 4. The molecule has 90 valence electrons.